The monoisotopic (exact) mass is 777 g/mol. The number of rotatable bonds is 8. The van der Waals surface area contributed by atoms with Gasteiger partial charge in [-0.2, -0.15) is 0 Å². The average molecular weight is 778 g/mol. The van der Waals surface area contributed by atoms with Crippen molar-refractivity contribution in [3.05, 3.63) is 210 Å². The Morgan fingerprint density at radius 1 is 0.310 bits per heavy atom. The van der Waals surface area contributed by atoms with Crippen LogP contribution in [0.4, 0.5) is 0 Å². The number of thiophene rings is 2. The van der Waals surface area contributed by atoms with Crippen molar-refractivity contribution in [3.8, 4) is 45.3 Å². The quantitative estimate of drug-likeness (QED) is 0.154. The molecule has 0 radical (unpaired) electrons. The Bertz CT molecular complexity index is 3160. The van der Waals surface area contributed by atoms with Gasteiger partial charge in [0, 0.05) is 57.0 Å². The maximum Gasteiger partial charge on any atom is 0.165 e. The van der Waals surface area contributed by atoms with Gasteiger partial charge in [-0.05, 0) is 70.5 Å². The smallest absolute Gasteiger partial charge is 0.165 e. The predicted octanol–water partition coefficient (Wildman–Crippen LogP) is 14.5. The predicted molar refractivity (Wildman–Crippen MR) is 246 cm³/mol. The molecular weight excluding hydrogens is 743 g/mol. The molecule has 11 rings (SSSR count). The van der Waals surface area contributed by atoms with Crippen molar-refractivity contribution in [3.63, 3.8) is 0 Å². The molecule has 0 unspecified atom stereocenters. The van der Waals surface area contributed by atoms with Crippen molar-refractivity contribution < 1.29 is 0 Å². The number of hydrogen-bond donors (Lipinski definition) is 0. The molecule has 3 heterocycles. The van der Waals surface area contributed by atoms with Gasteiger partial charge in [-0.25, -0.2) is 15.0 Å². The fourth-order valence-corrected chi connectivity index (χ4v) is 10.8. The summed E-state index contributed by atoms with van der Waals surface area (Å²) in [7, 11) is 0. The summed E-state index contributed by atoms with van der Waals surface area (Å²) >= 11 is 3.60. The molecule has 0 N–H and O–H groups in total. The van der Waals surface area contributed by atoms with Gasteiger partial charge in [0.05, 0.1) is 0 Å². The molecule has 3 nitrogen and oxygen atoms in total. The largest absolute Gasteiger partial charge is 0.208 e. The lowest BCUT2D eigenvalue weighted by Gasteiger charge is -2.19. The first-order valence-electron chi connectivity index (χ1n) is 19.6. The SMILES string of the molecule is c1ccc(Cc2ccccc2-c2c(Cc3ccccc3)cccc2-c2nc(-c3cccc4c3sc3ccccc34)nc(-c3cccc4c3sc3ccccc34)n2)cc1. The van der Waals surface area contributed by atoms with Crippen molar-refractivity contribution >= 4 is 63.0 Å². The summed E-state index contributed by atoms with van der Waals surface area (Å²) in [6, 6.07) is 67.3. The van der Waals surface area contributed by atoms with E-state index in [9.17, 15) is 0 Å². The summed E-state index contributed by atoms with van der Waals surface area (Å²) in [5.41, 5.74) is 10.4. The number of hydrogen-bond acceptors (Lipinski definition) is 5. The van der Waals surface area contributed by atoms with Crippen LogP contribution in [0.5, 0.6) is 0 Å². The van der Waals surface area contributed by atoms with Crippen LogP contribution >= 0.6 is 22.7 Å². The van der Waals surface area contributed by atoms with Crippen LogP contribution in [0.2, 0.25) is 0 Å². The summed E-state index contributed by atoms with van der Waals surface area (Å²) in [5.74, 6) is 2.01. The van der Waals surface area contributed by atoms with Crippen LogP contribution in [0.25, 0.3) is 85.6 Å². The van der Waals surface area contributed by atoms with Crippen LogP contribution in [0.15, 0.2) is 188 Å². The second kappa shape index (κ2) is 14.6. The molecule has 0 spiro atoms. The minimum Gasteiger partial charge on any atom is -0.208 e. The van der Waals surface area contributed by atoms with E-state index in [1.165, 1.54) is 68.2 Å². The highest BCUT2D eigenvalue weighted by Gasteiger charge is 2.23. The van der Waals surface area contributed by atoms with Gasteiger partial charge in [-0.3, -0.25) is 0 Å². The maximum absolute atomic E-state index is 5.48. The van der Waals surface area contributed by atoms with Gasteiger partial charge < -0.3 is 0 Å². The molecule has 0 bridgehead atoms. The third kappa shape index (κ3) is 6.16. The normalized spacial score (nSPS) is 11.6. The van der Waals surface area contributed by atoms with Crippen molar-refractivity contribution in [1.82, 2.24) is 15.0 Å². The van der Waals surface area contributed by atoms with Gasteiger partial charge in [-0.15, -0.1) is 22.7 Å². The van der Waals surface area contributed by atoms with E-state index in [4.69, 9.17) is 15.0 Å². The molecule has 0 aliphatic rings. The first kappa shape index (κ1) is 34.5. The van der Waals surface area contributed by atoms with E-state index in [-0.39, 0.29) is 0 Å². The van der Waals surface area contributed by atoms with Crippen LogP contribution in [-0.4, -0.2) is 15.0 Å². The van der Waals surface area contributed by atoms with Crippen molar-refractivity contribution in [2.24, 2.45) is 0 Å². The molecule has 0 amide bonds. The highest BCUT2D eigenvalue weighted by molar-refractivity contribution is 7.26. The van der Waals surface area contributed by atoms with Crippen molar-refractivity contribution in [1.29, 1.82) is 0 Å². The average Bonchev–Trinajstić information content (AvgIpc) is 3.86. The van der Waals surface area contributed by atoms with Crippen LogP contribution in [0, 0.1) is 0 Å². The molecule has 0 aliphatic heterocycles. The third-order valence-electron chi connectivity index (χ3n) is 11.1. The standard InChI is InChI=1S/C53H35N3S2/c1-3-16-34(17-4-1)32-36-20-7-8-22-38(36)48-37(33-35-18-5-2-6-19-35)21-13-27-43(48)51-54-52(44-28-14-25-41-39-23-9-11-30-46(39)57-49(41)44)56-53(55-51)45-29-15-26-42-40-24-10-12-31-47(40)58-50(42)45/h1-31H,32-33H2. The van der Waals surface area contributed by atoms with Gasteiger partial charge in [0.1, 0.15) is 0 Å². The van der Waals surface area contributed by atoms with Crippen LogP contribution in [0.3, 0.4) is 0 Å². The minimum absolute atomic E-state index is 0.663. The molecule has 8 aromatic carbocycles. The fourth-order valence-electron chi connectivity index (χ4n) is 8.39. The molecule has 0 atom stereocenters. The van der Waals surface area contributed by atoms with Gasteiger partial charge >= 0.3 is 0 Å². The first-order valence-corrected chi connectivity index (χ1v) is 21.2. The summed E-state index contributed by atoms with van der Waals surface area (Å²) in [6.07, 6.45) is 1.59. The number of fused-ring (bicyclic) bond motifs is 6. The molecule has 0 fully saturated rings. The van der Waals surface area contributed by atoms with Crippen molar-refractivity contribution in [2.45, 2.75) is 12.8 Å². The van der Waals surface area contributed by atoms with Crippen LogP contribution in [-0.2, 0) is 12.8 Å². The van der Waals surface area contributed by atoms with Gasteiger partial charge in [-0.1, -0.05) is 164 Å². The van der Waals surface area contributed by atoms with Gasteiger partial charge in [0.15, 0.2) is 17.5 Å². The highest BCUT2D eigenvalue weighted by Crippen LogP contribution is 2.43. The second-order valence-corrected chi connectivity index (χ2v) is 16.8. The zero-order valence-electron chi connectivity index (χ0n) is 31.5. The van der Waals surface area contributed by atoms with E-state index in [0.29, 0.717) is 17.5 Å². The molecule has 274 valence electrons. The van der Waals surface area contributed by atoms with E-state index in [2.05, 4.69) is 188 Å². The molecule has 0 aliphatic carbocycles. The second-order valence-electron chi connectivity index (χ2n) is 14.7. The molecular formula is C53H35N3S2. The zero-order chi connectivity index (χ0) is 38.4. The number of benzene rings is 8. The van der Waals surface area contributed by atoms with E-state index in [0.717, 1.165) is 35.1 Å². The molecule has 5 heteroatoms. The lowest BCUT2D eigenvalue weighted by molar-refractivity contribution is 1.08. The Kier molecular flexibility index (Phi) is 8.68. The van der Waals surface area contributed by atoms with Gasteiger partial charge in [0.25, 0.3) is 0 Å². The zero-order valence-corrected chi connectivity index (χ0v) is 33.1. The van der Waals surface area contributed by atoms with Gasteiger partial charge in [0.2, 0.25) is 0 Å². The van der Waals surface area contributed by atoms with E-state index < -0.39 is 0 Å². The summed E-state index contributed by atoms with van der Waals surface area (Å²) in [5, 5.41) is 4.93. The summed E-state index contributed by atoms with van der Waals surface area (Å²) in [6.45, 7) is 0. The number of aromatic nitrogens is 3. The van der Waals surface area contributed by atoms with E-state index >= 15 is 0 Å². The minimum atomic E-state index is 0.663. The first-order chi connectivity index (χ1) is 28.7. The Hall–Kier alpha value is -6.79. The Balaban J connectivity index is 1.19. The third-order valence-corrected chi connectivity index (χ3v) is 13.5. The Morgan fingerprint density at radius 3 is 1.29 bits per heavy atom. The lowest BCUT2D eigenvalue weighted by Crippen LogP contribution is -2.04. The molecule has 3 aromatic heterocycles. The van der Waals surface area contributed by atoms with E-state index in [1.807, 2.05) is 0 Å². The molecule has 0 saturated carbocycles. The molecule has 0 saturated heterocycles. The lowest BCUT2D eigenvalue weighted by atomic mass is 9.86. The maximum atomic E-state index is 5.48. The molecule has 58 heavy (non-hydrogen) atoms. The number of nitrogens with zero attached hydrogens (tertiary/aromatic N) is 3. The topological polar surface area (TPSA) is 38.7 Å². The Morgan fingerprint density at radius 2 is 0.707 bits per heavy atom. The Labute approximate surface area is 344 Å². The fraction of sp³-hybridized carbons (Fsp3) is 0.0377. The summed E-state index contributed by atoms with van der Waals surface area (Å²) < 4.78 is 4.86. The van der Waals surface area contributed by atoms with Crippen LogP contribution < -0.4 is 0 Å². The molecule has 11 aromatic rings. The van der Waals surface area contributed by atoms with Crippen LogP contribution in [0.1, 0.15) is 22.3 Å². The van der Waals surface area contributed by atoms with E-state index in [1.54, 1.807) is 22.7 Å². The highest BCUT2D eigenvalue weighted by atomic mass is 32.1. The van der Waals surface area contributed by atoms with Crippen molar-refractivity contribution in [2.75, 3.05) is 0 Å². The summed E-state index contributed by atoms with van der Waals surface area (Å²) in [4.78, 5) is 16.4.